The summed E-state index contributed by atoms with van der Waals surface area (Å²) in [5.41, 5.74) is 1.79. The summed E-state index contributed by atoms with van der Waals surface area (Å²) in [5, 5.41) is 11.8. The van der Waals surface area contributed by atoms with Crippen molar-refractivity contribution in [1.29, 1.82) is 0 Å². The lowest BCUT2D eigenvalue weighted by molar-refractivity contribution is -0.137. The molecule has 2 N–H and O–H groups in total. The zero-order chi connectivity index (χ0) is 18.2. The molecule has 0 saturated carbocycles. The lowest BCUT2D eigenvalue weighted by Gasteiger charge is -2.18. The molecule has 1 atom stereocenters. The lowest BCUT2D eigenvalue weighted by Crippen LogP contribution is -2.33. The van der Waals surface area contributed by atoms with Crippen molar-refractivity contribution in [3.63, 3.8) is 0 Å². The second-order valence-electron chi connectivity index (χ2n) is 5.60. The van der Waals surface area contributed by atoms with Crippen LogP contribution in [0, 0.1) is 6.92 Å². The van der Waals surface area contributed by atoms with Crippen LogP contribution in [0.3, 0.4) is 0 Å². The Morgan fingerprint density at radius 1 is 1.20 bits per heavy atom. The Kier molecular flexibility index (Phi) is 6.89. The lowest BCUT2D eigenvalue weighted by atomic mass is 10.0. The van der Waals surface area contributed by atoms with Crippen LogP contribution < -0.4 is 10.1 Å². The highest BCUT2D eigenvalue weighted by atomic mass is 32.2. The third-order valence-corrected chi connectivity index (χ3v) is 4.34. The first-order chi connectivity index (χ1) is 12.0. The SMILES string of the molecule is CSc1ccc(C(CC(=O)O)NC(=O)COc2cccc(C)c2)cc1. The maximum atomic E-state index is 12.2. The molecule has 0 saturated heterocycles. The van der Waals surface area contributed by atoms with Gasteiger partial charge in [0.15, 0.2) is 6.61 Å². The van der Waals surface area contributed by atoms with Crippen molar-refractivity contribution in [2.45, 2.75) is 24.3 Å². The molecule has 2 aromatic carbocycles. The zero-order valence-corrected chi connectivity index (χ0v) is 15.0. The van der Waals surface area contributed by atoms with Gasteiger partial charge in [0.05, 0.1) is 12.5 Å². The predicted molar refractivity (Wildman–Crippen MR) is 98.0 cm³/mol. The molecule has 0 aliphatic heterocycles. The molecule has 2 aromatic rings. The highest BCUT2D eigenvalue weighted by molar-refractivity contribution is 7.98. The van der Waals surface area contributed by atoms with E-state index in [0.29, 0.717) is 5.75 Å². The molecule has 0 aliphatic carbocycles. The summed E-state index contributed by atoms with van der Waals surface area (Å²) >= 11 is 1.60. The number of amides is 1. The largest absolute Gasteiger partial charge is 0.484 e. The highest BCUT2D eigenvalue weighted by Gasteiger charge is 2.18. The van der Waals surface area contributed by atoms with Gasteiger partial charge in [0, 0.05) is 4.90 Å². The molecule has 2 rings (SSSR count). The Morgan fingerprint density at radius 3 is 2.52 bits per heavy atom. The minimum Gasteiger partial charge on any atom is -0.484 e. The van der Waals surface area contributed by atoms with E-state index in [0.717, 1.165) is 16.0 Å². The van der Waals surface area contributed by atoms with Gasteiger partial charge in [-0.3, -0.25) is 9.59 Å². The molecule has 0 heterocycles. The second-order valence-corrected chi connectivity index (χ2v) is 6.48. The molecule has 0 radical (unpaired) electrons. The van der Waals surface area contributed by atoms with E-state index >= 15 is 0 Å². The van der Waals surface area contributed by atoms with Gasteiger partial charge in [0.25, 0.3) is 5.91 Å². The first kappa shape index (κ1) is 18.9. The van der Waals surface area contributed by atoms with Crippen LogP contribution in [-0.4, -0.2) is 29.8 Å². The fourth-order valence-corrected chi connectivity index (χ4v) is 2.76. The molecule has 0 spiro atoms. The fraction of sp³-hybridized carbons (Fsp3) is 0.263. The van der Waals surface area contributed by atoms with Gasteiger partial charge in [0.1, 0.15) is 5.75 Å². The summed E-state index contributed by atoms with van der Waals surface area (Å²) < 4.78 is 5.46. The molecule has 0 fully saturated rings. The van der Waals surface area contributed by atoms with Crippen molar-refractivity contribution >= 4 is 23.6 Å². The number of hydrogen-bond acceptors (Lipinski definition) is 4. The molecule has 6 heteroatoms. The van der Waals surface area contributed by atoms with E-state index < -0.39 is 12.0 Å². The van der Waals surface area contributed by atoms with Crippen molar-refractivity contribution in [1.82, 2.24) is 5.32 Å². The maximum Gasteiger partial charge on any atom is 0.305 e. The highest BCUT2D eigenvalue weighted by Crippen LogP contribution is 2.21. The zero-order valence-electron chi connectivity index (χ0n) is 14.2. The molecule has 132 valence electrons. The molecular weight excluding hydrogens is 338 g/mol. The van der Waals surface area contributed by atoms with Crippen LogP contribution in [0.4, 0.5) is 0 Å². The number of thioether (sulfide) groups is 1. The van der Waals surface area contributed by atoms with Crippen LogP contribution >= 0.6 is 11.8 Å². The van der Waals surface area contributed by atoms with Crippen LogP contribution in [0.25, 0.3) is 0 Å². The van der Waals surface area contributed by atoms with Gasteiger partial charge in [-0.25, -0.2) is 0 Å². The van der Waals surface area contributed by atoms with Gasteiger partial charge in [-0.2, -0.15) is 0 Å². The van der Waals surface area contributed by atoms with E-state index in [4.69, 9.17) is 9.84 Å². The van der Waals surface area contributed by atoms with Crippen LogP contribution in [0.1, 0.15) is 23.6 Å². The molecule has 0 aromatic heterocycles. The Hall–Kier alpha value is -2.47. The number of carboxylic acid groups (broad SMARTS) is 1. The number of aliphatic carboxylic acids is 1. The predicted octanol–water partition coefficient (Wildman–Crippen LogP) is 3.43. The van der Waals surface area contributed by atoms with Gasteiger partial charge >= 0.3 is 5.97 Å². The Balaban J connectivity index is 2.00. The topological polar surface area (TPSA) is 75.6 Å². The molecule has 0 bridgehead atoms. The maximum absolute atomic E-state index is 12.2. The number of carbonyl (C=O) groups excluding carboxylic acids is 1. The summed E-state index contributed by atoms with van der Waals surface area (Å²) in [7, 11) is 0. The van der Waals surface area contributed by atoms with Gasteiger partial charge in [-0.15, -0.1) is 11.8 Å². The number of nitrogens with one attached hydrogen (secondary N) is 1. The van der Waals surface area contributed by atoms with Crippen molar-refractivity contribution in [2.24, 2.45) is 0 Å². The number of carboxylic acids is 1. The van der Waals surface area contributed by atoms with Crippen molar-refractivity contribution < 1.29 is 19.4 Å². The van der Waals surface area contributed by atoms with Crippen LogP contribution in [0.2, 0.25) is 0 Å². The average Bonchev–Trinajstić information content (AvgIpc) is 2.59. The second kappa shape index (κ2) is 9.13. The van der Waals surface area contributed by atoms with Gasteiger partial charge in [0.2, 0.25) is 0 Å². The van der Waals surface area contributed by atoms with E-state index in [1.807, 2.05) is 55.6 Å². The molecule has 0 aliphatic rings. The summed E-state index contributed by atoms with van der Waals surface area (Å²) in [6.07, 6.45) is 1.78. The molecule has 5 nitrogen and oxygen atoms in total. The summed E-state index contributed by atoms with van der Waals surface area (Å²) in [4.78, 5) is 24.4. The standard InChI is InChI=1S/C19H21NO4S/c1-13-4-3-5-15(10-13)24-12-18(21)20-17(11-19(22)23)14-6-8-16(25-2)9-7-14/h3-10,17H,11-12H2,1-2H3,(H,20,21)(H,22,23). The number of ether oxygens (including phenoxy) is 1. The van der Waals surface area contributed by atoms with E-state index in [9.17, 15) is 9.59 Å². The minimum atomic E-state index is -0.973. The summed E-state index contributed by atoms with van der Waals surface area (Å²) in [6, 6.07) is 14.3. The average molecular weight is 359 g/mol. The molecule has 1 amide bonds. The smallest absolute Gasteiger partial charge is 0.305 e. The third-order valence-electron chi connectivity index (χ3n) is 3.59. The molecular formula is C19H21NO4S. The number of rotatable bonds is 8. The Labute approximate surface area is 151 Å². The summed E-state index contributed by atoms with van der Waals surface area (Å²) in [5.74, 6) is -0.727. The third kappa shape index (κ3) is 6.15. The van der Waals surface area contributed by atoms with Crippen molar-refractivity contribution in [2.75, 3.05) is 12.9 Å². The molecule has 1 unspecified atom stereocenters. The molecule has 25 heavy (non-hydrogen) atoms. The van der Waals surface area contributed by atoms with Crippen molar-refractivity contribution in [3.05, 3.63) is 59.7 Å². The summed E-state index contributed by atoms with van der Waals surface area (Å²) in [6.45, 7) is 1.77. The van der Waals surface area contributed by atoms with Crippen molar-refractivity contribution in [3.8, 4) is 5.75 Å². The minimum absolute atomic E-state index is 0.164. The fourth-order valence-electron chi connectivity index (χ4n) is 2.35. The number of aryl methyl sites for hydroxylation is 1. The van der Waals surface area contributed by atoms with Crippen LogP contribution in [-0.2, 0) is 9.59 Å². The Morgan fingerprint density at radius 2 is 1.92 bits per heavy atom. The van der Waals surface area contributed by atoms with Gasteiger partial charge in [-0.05, 0) is 48.6 Å². The van der Waals surface area contributed by atoms with Crippen LogP contribution in [0.15, 0.2) is 53.4 Å². The quantitative estimate of drug-likeness (QED) is 0.706. The number of benzene rings is 2. The monoisotopic (exact) mass is 359 g/mol. The number of hydrogen-bond donors (Lipinski definition) is 2. The van der Waals surface area contributed by atoms with Gasteiger partial charge < -0.3 is 15.2 Å². The van der Waals surface area contributed by atoms with E-state index in [1.54, 1.807) is 17.8 Å². The number of carbonyl (C=O) groups is 2. The van der Waals surface area contributed by atoms with E-state index in [-0.39, 0.29) is 18.9 Å². The van der Waals surface area contributed by atoms with E-state index in [2.05, 4.69) is 5.32 Å². The first-order valence-corrected chi connectivity index (χ1v) is 9.05. The van der Waals surface area contributed by atoms with Crippen LogP contribution in [0.5, 0.6) is 5.75 Å². The normalized spacial score (nSPS) is 11.6. The van der Waals surface area contributed by atoms with Gasteiger partial charge in [-0.1, -0.05) is 24.3 Å². The first-order valence-electron chi connectivity index (χ1n) is 7.82. The van der Waals surface area contributed by atoms with E-state index in [1.165, 1.54) is 0 Å². The Bertz CT molecular complexity index is 730.